The molecule has 0 aliphatic carbocycles. The van der Waals surface area contributed by atoms with Crippen molar-refractivity contribution in [1.82, 2.24) is 14.9 Å². The summed E-state index contributed by atoms with van der Waals surface area (Å²) in [6.45, 7) is 4.39. The summed E-state index contributed by atoms with van der Waals surface area (Å²) in [7, 11) is 0. The van der Waals surface area contributed by atoms with Crippen LogP contribution in [0.5, 0.6) is 0 Å². The Balaban J connectivity index is 1.61. The molecule has 0 spiro atoms. The lowest BCUT2D eigenvalue weighted by atomic mass is 10.1. The third kappa shape index (κ3) is 4.87. The number of thioether (sulfide) groups is 1. The maximum Gasteiger partial charge on any atom is 0.266 e. The summed E-state index contributed by atoms with van der Waals surface area (Å²) >= 11 is 7.15. The van der Waals surface area contributed by atoms with Gasteiger partial charge in [0, 0.05) is 11.6 Å². The van der Waals surface area contributed by atoms with E-state index in [1.54, 1.807) is 22.8 Å². The van der Waals surface area contributed by atoms with Crippen molar-refractivity contribution in [2.24, 2.45) is 0 Å². The maximum atomic E-state index is 13.4. The van der Waals surface area contributed by atoms with Crippen molar-refractivity contribution in [3.63, 3.8) is 0 Å². The van der Waals surface area contributed by atoms with Crippen LogP contribution in [0.15, 0.2) is 76.7 Å². The zero-order valence-corrected chi connectivity index (χ0v) is 19.3. The van der Waals surface area contributed by atoms with Gasteiger partial charge in [0.2, 0.25) is 5.91 Å². The van der Waals surface area contributed by atoms with Crippen LogP contribution >= 0.6 is 23.4 Å². The van der Waals surface area contributed by atoms with Crippen LogP contribution in [0.25, 0.3) is 16.6 Å². The second-order valence-electron chi connectivity index (χ2n) is 7.53. The van der Waals surface area contributed by atoms with Gasteiger partial charge in [-0.05, 0) is 55.3 Å². The van der Waals surface area contributed by atoms with E-state index in [0.717, 1.165) is 22.4 Å². The minimum Gasteiger partial charge on any atom is -0.351 e. The number of fused-ring (bicyclic) bond motifs is 1. The highest BCUT2D eigenvalue weighted by molar-refractivity contribution is 7.99. The lowest BCUT2D eigenvalue weighted by molar-refractivity contribution is -0.118. The molecule has 1 N–H and O–H groups in total. The van der Waals surface area contributed by atoms with Crippen LogP contribution in [0.1, 0.15) is 16.7 Å². The number of aromatic nitrogens is 2. The highest BCUT2D eigenvalue weighted by Gasteiger charge is 2.16. The predicted octanol–water partition coefficient (Wildman–Crippen LogP) is 5.06. The quantitative estimate of drug-likeness (QED) is 0.320. The number of hydrogen-bond acceptors (Lipinski definition) is 4. The fourth-order valence-corrected chi connectivity index (χ4v) is 4.42. The molecule has 0 radical (unpaired) electrons. The van der Waals surface area contributed by atoms with E-state index in [9.17, 15) is 9.59 Å². The highest BCUT2D eigenvalue weighted by atomic mass is 35.5. The van der Waals surface area contributed by atoms with Gasteiger partial charge in [-0.15, -0.1) is 0 Å². The Kier molecular flexibility index (Phi) is 6.63. The molecule has 0 saturated carbocycles. The van der Waals surface area contributed by atoms with Gasteiger partial charge in [-0.2, -0.15) is 0 Å². The van der Waals surface area contributed by atoms with Crippen LogP contribution in [0.4, 0.5) is 0 Å². The monoisotopic (exact) mass is 463 g/mol. The fraction of sp³-hybridized carbons (Fsp3) is 0.160. The van der Waals surface area contributed by atoms with Crippen molar-refractivity contribution < 1.29 is 4.79 Å². The summed E-state index contributed by atoms with van der Waals surface area (Å²) in [6, 6.07) is 20.5. The molecular formula is C25H22ClN3O2S. The van der Waals surface area contributed by atoms with Gasteiger partial charge in [0.25, 0.3) is 5.56 Å². The molecule has 0 aliphatic heterocycles. The molecule has 1 aromatic heterocycles. The normalized spacial score (nSPS) is 11.0. The second-order valence-corrected chi connectivity index (χ2v) is 8.91. The van der Waals surface area contributed by atoms with Crippen LogP contribution in [0, 0.1) is 13.8 Å². The van der Waals surface area contributed by atoms with E-state index < -0.39 is 0 Å². The lowest BCUT2D eigenvalue weighted by Crippen LogP contribution is -2.26. The van der Waals surface area contributed by atoms with Crippen LogP contribution in [-0.2, 0) is 11.3 Å². The van der Waals surface area contributed by atoms with Gasteiger partial charge in [-0.3, -0.25) is 14.2 Å². The summed E-state index contributed by atoms with van der Waals surface area (Å²) in [5.41, 5.74) is 4.28. The predicted molar refractivity (Wildman–Crippen MR) is 131 cm³/mol. The van der Waals surface area contributed by atoms with E-state index in [2.05, 4.69) is 5.32 Å². The van der Waals surface area contributed by atoms with Crippen molar-refractivity contribution in [1.29, 1.82) is 0 Å². The summed E-state index contributed by atoms with van der Waals surface area (Å²) in [4.78, 5) is 30.6. The van der Waals surface area contributed by atoms with Crippen molar-refractivity contribution in [3.05, 3.63) is 98.8 Å². The first kappa shape index (κ1) is 22.1. The number of amides is 1. The van der Waals surface area contributed by atoms with Crippen LogP contribution in [0.2, 0.25) is 5.02 Å². The molecule has 0 fully saturated rings. The first-order valence-electron chi connectivity index (χ1n) is 10.2. The number of hydrogen-bond donors (Lipinski definition) is 1. The Bertz CT molecular complexity index is 1350. The molecule has 0 atom stereocenters. The number of rotatable bonds is 6. The summed E-state index contributed by atoms with van der Waals surface area (Å²) < 4.78 is 1.61. The SMILES string of the molecule is Cc1ccc(-n2c(SCC(=O)NCc3ccc(Cl)cc3)nc3ccccc3c2=O)c(C)c1. The number of carbonyl (C=O) groups is 1. The standard InChI is InChI=1S/C25H22ClN3O2S/c1-16-7-12-22(17(2)13-16)29-24(31)20-5-3-4-6-21(20)28-25(29)32-15-23(30)27-14-18-8-10-19(26)11-9-18/h3-13H,14-15H2,1-2H3,(H,27,30). The summed E-state index contributed by atoms with van der Waals surface area (Å²) in [6.07, 6.45) is 0. The number of halogens is 1. The molecule has 32 heavy (non-hydrogen) atoms. The first-order valence-corrected chi connectivity index (χ1v) is 11.5. The first-order chi connectivity index (χ1) is 15.4. The molecule has 0 bridgehead atoms. The van der Waals surface area contributed by atoms with Gasteiger partial charge in [0.15, 0.2) is 5.16 Å². The largest absolute Gasteiger partial charge is 0.351 e. The van der Waals surface area contributed by atoms with E-state index in [-0.39, 0.29) is 17.2 Å². The average molecular weight is 464 g/mol. The molecule has 4 rings (SSSR count). The van der Waals surface area contributed by atoms with Gasteiger partial charge in [0.05, 0.1) is 22.3 Å². The van der Waals surface area contributed by atoms with Crippen LogP contribution in [0.3, 0.4) is 0 Å². The Hall–Kier alpha value is -3.09. The molecule has 1 heterocycles. The molecular weight excluding hydrogens is 442 g/mol. The molecule has 0 unspecified atom stereocenters. The topological polar surface area (TPSA) is 64.0 Å². The number of carbonyl (C=O) groups excluding carboxylic acids is 1. The Labute approximate surface area is 195 Å². The molecule has 1 amide bonds. The van der Waals surface area contributed by atoms with Crippen molar-refractivity contribution in [2.75, 3.05) is 5.75 Å². The number of para-hydroxylation sites is 1. The number of aryl methyl sites for hydroxylation is 2. The number of nitrogens with one attached hydrogen (secondary N) is 1. The summed E-state index contributed by atoms with van der Waals surface area (Å²) in [5.74, 6) is 0.00282. The number of benzene rings is 3. The molecule has 0 aliphatic rings. The van der Waals surface area contributed by atoms with E-state index in [0.29, 0.717) is 27.6 Å². The van der Waals surface area contributed by atoms with E-state index >= 15 is 0 Å². The average Bonchev–Trinajstić information content (AvgIpc) is 2.78. The minimum atomic E-state index is -0.147. The van der Waals surface area contributed by atoms with Gasteiger partial charge in [-0.1, -0.05) is 65.3 Å². The van der Waals surface area contributed by atoms with E-state index in [1.807, 2.05) is 62.4 Å². The second kappa shape index (κ2) is 9.59. The van der Waals surface area contributed by atoms with Crippen LogP contribution in [-0.4, -0.2) is 21.2 Å². The zero-order valence-electron chi connectivity index (χ0n) is 17.8. The maximum absolute atomic E-state index is 13.4. The van der Waals surface area contributed by atoms with Crippen molar-refractivity contribution >= 4 is 40.2 Å². The van der Waals surface area contributed by atoms with Gasteiger partial charge in [0.1, 0.15) is 0 Å². The molecule has 5 nitrogen and oxygen atoms in total. The van der Waals surface area contributed by atoms with E-state index in [4.69, 9.17) is 16.6 Å². The molecule has 4 aromatic rings. The van der Waals surface area contributed by atoms with Gasteiger partial charge >= 0.3 is 0 Å². The van der Waals surface area contributed by atoms with Crippen LogP contribution < -0.4 is 10.9 Å². The highest BCUT2D eigenvalue weighted by Crippen LogP contribution is 2.23. The van der Waals surface area contributed by atoms with Gasteiger partial charge in [-0.25, -0.2) is 4.98 Å². The Morgan fingerprint density at radius 2 is 1.81 bits per heavy atom. The third-order valence-electron chi connectivity index (χ3n) is 5.07. The van der Waals surface area contributed by atoms with E-state index in [1.165, 1.54) is 11.8 Å². The minimum absolute atomic E-state index is 0.139. The Morgan fingerprint density at radius 3 is 2.56 bits per heavy atom. The van der Waals surface area contributed by atoms with Crippen molar-refractivity contribution in [3.8, 4) is 5.69 Å². The lowest BCUT2D eigenvalue weighted by Gasteiger charge is -2.15. The van der Waals surface area contributed by atoms with Gasteiger partial charge < -0.3 is 5.32 Å². The smallest absolute Gasteiger partial charge is 0.266 e. The molecule has 0 saturated heterocycles. The third-order valence-corrected chi connectivity index (χ3v) is 6.26. The molecule has 162 valence electrons. The zero-order chi connectivity index (χ0) is 22.7. The molecule has 3 aromatic carbocycles. The number of nitrogens with zero attached hydrogens (tertiary/aromatic N) is 2. The molecule has 7 heteroatoms. The Morgan fingerprint density at radius 1 is 1.06 bits per heavy atom. The summed E-state index contributed by atoms with van der Waals surface area (Å²) in [5, 5.41) is 4.59. The fourth-order valence-electron chi connectivity index (χ4n) is 3.46. The van der Waals surface area contributed by atoms with Crippen molar-refractivity contribution in [2.45, 2.75) is 25.5 Å².